The maximum Gasteiger partial charge on any atom is 0.340 e. The molecule has 0 aliphatic rings. The number of carbonyl (C=O) groups is 2. The first kappa shape index (κ1) is 33.1. The summed E-state index contributed by atoms with van der Waals surface area (Å²) in [5.41, 5.74) is 17.3. The van der Waals surface area contributed by atoms with E-state index in [0.717, 1.165) is 44.2 Å². The number of carbonyl (C=O) groups excluding carboxylic acids is 1. The standard InChI is InChI=1S/C13H20N2O2.C7H6N2O4.C6H14O/c1-2-3-4-5-8-17-13(16)11-9-10(14)6-7-12(11)15;8-6-2-1-4(9(12)13)3-5(6)7(10)11;1-2-3-4-5-6-7/h6-7,9H,2-5,8,14-15H2,1H3;1-3H,8H2,(H,10,11);7H,2-6H2,1H3. The Labute approximate surface area is 217 Å². The van der Waals surface area contributed by atoms with Gasteiger partial charge in [0.2, 0.25) is 0 Å². The van der Waals surface area contributed by atoms with Crippen LogP contribution in [0.1, 0.15) is 85.9 Å². The summed E-state index contributed by atoms with van der Waals surface area (Å²) in [6, 6.07) is 8.10. The molecule has 2 aromatic rings. The number of esters is 1. The van der Waals surface area contributed by atoms with E-state index in [9.17, 15) is 19.7 Å². The summed E-state index contributed by atoms with van der Waals surface area (Å²) in [4.78, 5) is 31.8. The molecule has 0 heterocycles. The molecule has 8 N–H and O–H groups in total. The van der Waals surface area contributed by atoms with Crippen molar-refractivity contribution >= 4 is 34.7 Å². The average molecular weight is 521 g/mol. The van der Waals surface area contributed by atoms with Crippen molar-refractivity contribution in [3.05, 3.63) is 57.6 Å². The maximum absolute atomic E-state index is 11.7. The predicted octanol–water partition coefficient (Wildman–Crippen LogP) is 5.02. The molecule has 0 atom stereocenters. The number of aliphatic hydroxyl groups is 1. The second kappa shape index (κ2) is 19.3. The molecule has 11 nitrogen and oxygen atoms in total. The second-order valence-corrected chi connectivity index (χ2v) is 8.16. The summed E-state index contributed by atoms with van der Waals surface area (Å²) in [6.45, 7) is 5.10. The van der Waals surface area contributed by atoms with Gasteiger partial charge in [-0.15, -0.1) is 0 Å². The molecule has 0 aliphatic heterocycles. The predicted molar refractivity (Wildman–Crippen MR) is 145 cm³/mol. The number of nitro benzene ring substituents is 1. The van der Waals surface area contributed by atoms with Crippen LogP contribution in [0.5, 0.6) is 0 Å². The van der Waals surface area contributed by atoms with E-state index < -0.39 is 16.9 Å². The zero-order chi connectivity index (χ0) is 28.2. The SMILES string of the molecule is CCCCCCO.CCCCCCOC(=O)c1cc(N)ccc1N.Nc1ccc([N+](=O)[O-])cc1C(=O)O. The Morgan fingerprint density at radius 2 is 1.43 bits per heavy atom. The zero-order valence-electron chi connectivity index (χ0n) is 21.7. The highest BCUT2D eigenvalue weighted by atomic mass is 16.6. The third kappa shape index (κ3) is 14.3. The summed E-state index contributed by atoms with van der Waals surface area (Å²) in [7, 11) is 0. The first-order valence-corrected chi connectivity index (χ1v) is 12.3. The van der Waals surface area contributed by atoms with Gasteiger partial charge in [-0.05, 0) is 37.1 Å². The number of anilines is 3. The summed E-state index contributed by atoms with van der Waals surface area (Å²) < 4.78 is 5.14. The Balaban J connectivity index is 0.000000573. The van der Waals surface area contributed by atoms with Crippen LogP contribution >= 0.6 is 0 Å². The molecule has 0 saturated carbocycles. The van der Waals surface area contributed by atoms with Crippen LogP contribution in [0.3, 0.4) is 0 Å². The number of hydrogen-bond donors (Lipinski definition) is 5. The minimum absolute atomic E-state index is 0.0121. The van der Waals surface area contributed by atoms with Gasteiger partial charge < -0.3 is 32.2 Å². The van der Waals surface area contributed by atoms with E-state index in [-0.39, 0.29) is 16.9 Å². The Morgan fingerprint density at radius 1 is 0.865 bits per heavy atom. The number of non-ortho nitro benzene ring substituents is 1. The lowest BCUT2D eigenvalue weighted by atomic mass is 10.1. The molecule has 0 aromatic heterocycles. The molecule has 0 fully saturated rings. The molecule has 0 aliphatic carbocycles. The summed E-state index contributed by atoms with van der Waals surface area (Å²) >= 11 is 0. The monoisotopic (exact) mass is 520 g/mol. The quantitative estimate of drug-likeness (QED) is 0.0829. The highest BCUT2D eigenvalue weighted by Gasteiger charge is 2.13. The van der Waals surface area contributed by atoms with E-state index in [1.165, 1.54) is 25.3 Å². The van der Waals surface area contributed by atoms with Gasteiger partial charge in [0.15, 0.2) is 0 Å². The van der Waals surface area contributed by atoms with Crippen molar-refractivity contribution in [2.45, 2.75) is 65.2 Å². The van der Waals surface area contributed by atoms with Crippen molar-refractivity contribution < 1.29 is 29.5 Å². The number of unbranched alkanes of at least 4 members (excludes halogenated alkanes) is 6. The van der Waals surface area contributed by atoms with E-state index in [4.69, 9.17) is 32.2 Å². The van der Waals surface area contributed by atoms with E-state index in [1.54, 1.807) is 18.2 Å². The molecule has 11 heteroatoms. The van der Waals surface area contributed by atoms with Crippen molar-refractivity contribution in [1.29, 1.82) is 0 Å². The zero-order valence-corrected chi connectivity index (χ0v) is 21.7. The topological polar surface area (TPSA) is 205 Å². The number of aromatic carboxylic acids is 1. The molecule has 0 amide bonds. The fraction of sp³-hybridized carbons (Fsp3) is 0.462. The number of benzene rings is 2. The molecule has 0 unspecified atom stereocenters. The molecule has 2 aromatic carbocycles. The number of nitro groups is 1. The van der Waals surface area contributed by atoms with Crippen molar-refractivity contribution in [3.8, 4) is 0 Å². The molecule has 0 radical (unpaired) electrons. The lowest BCUT2D eigenvalue weighted by Crippen LogP contribution is -2.09. The molecule has 37 heavy (non-hydrogen) atoms. The van der Waals surface area contributed by atoms with Crippen LogP contribution in [0.2, 0.25) is 0 Å². The number of nitrogens with two attached hydrogens (primary N) is 3. The number of carboxylic acids is 1. The van der Waals surface area contributed by atoms with Gasteiger partial charge in [0, 0.05) is 35.8 Å². The van der Waals surface area contributed by atoms with Crippen LogP contribution in [0.15, 0.2) is 36.4 Å². The molecule has 0 bridgehead atoms. The second-order valence-electron chi connectivity index (χ2n) is 8.16. The molecule has 0 saturated heterocycles. The van der Waals surface area contributed by atoms with Gasteiger partial charge in [-0.3, -0.25) is 10.1 Å². The Bertz CT molecular complexity index is 979. The van der Waals surface area contributed by atoms with Crippen LogP contribution in [0.25, 0.3) is 0 Å². The van der Waals surface area contributed by atoms with Gasteiger partial charge in [-0.1, -0.05) is 52.4 Å². The Hall–Kier alpha value is -3.86. The van der Waals surface area contributed by atoms with Gasteiger partial charge in [0.25, 0.3) is 5.69 Å². The van der Waals surface area contributed by atoms with E-state index in [0.29, 0.717) is 30.2 Å². The number of ether oxygens (including phenoxy) is 1. The fourth-order valence-electron chi connectivity index (χ4n) is 2.90. The van der Waals surface area contributed by atoms with Crippen molar-refractivity contribution in [2.75, 3.05) is 30.4 Å². The highest BCUT2D eigenvalue weighted by Crippen LogP contribution is 2.19. The number of nitrogen functional groups attached to an aromatic ring is 3. The van der Waals surface area contributed by atoms with Gasteiger partial charge in [0.05, 0.1) is 22.7 Å². The van der Waals surface area contributed by atoms with Crippen molar-refractivity contribution in [3.63, 3.8) is 0 Å². The summed E-state index contributed by atoms with van der Waals surface area (Å²) in [5.74, 6) is -1.67. The van der Waals surface area contributed by atoms with Crippen molar-refractivity contribution in [2.24, 2.45) is 0 Å². The van der Waals surface area contributed by atoms with Crippen LogP contribution < -0.4 is 17.2 Å². The summed E-state index contributed by atoms with van der Waals surface area (Å²) in [5, 5.41) is 27.1. The average Bonchev–Trinajstić information content (AvgIpc) is 2.86. The number of carboxylic acid groups (broad SMARTS) is 1. The first-order valence-electron chi connectivity index (χ1n) is 12.3. The molecular weight excluding hydrogens is 480 g/mol. The van der Waals surface area contributed by atoms with Crippen LogP contribution in [0.4, 0.5) is 22.7 Å². The lowest BCUT2D eigenvalue weighted by Gasteiger charge is -2.07. The smallest absolute Gasteiger partial charge is 0.340 e. The maximum atomic E-state index is 11.7. The molecule has 0 spiro atoms. The molecule has 2 rings (SSSR count). The van der Waals surface area contributed by atoms with Gasteiger partial charge in [-0.25, -0.2) is 9.59 Å². The third-order valence-electron chi connectivity index (χ3n) is 5.02. The third-order valence-corrected chi connectivity index (χ3v) is 5.02. The lowest BCUT2D eigenvalue weighted by molar-refractivity contribution is -0.384. The highest BCUT2D eigenvalue weighted by molar-refractivity contribution is 5.96. The van der Waals surface area contributed by atoms with Gasteiger partial charge in [0.1, 0.15) is 0 Å². The van der Waals surface area contributed by atoms with Crippen LogP contribution in [-0.4, -0.2) is 40.3 Å². The van der Waals surface area contributed by atoms with Gasteiger partial charge in [-0.2, -0.15) is 0 Å². The number of aliphatic hydroxyl groups excluding tert-OH is 1. The van der Waals surface area contributed by atoms with E-state index >= 15 is 0 Å². The van der Waals surface area contributed by atoms with Crippen LogP contribution in [-0.2, 0) is 4.74 Å². The number of hydrogen-bond acceptors (Lipinski definition) is 9. The Kier molecular flexibility index (Phi) is 17.3. The number of nitrogens with zero attached hydrogens (tertiary/aromatic N) is 1. The molecular formula is C26H40N4O7. The largest absolute Gasteiger partial charge is 0.478 e. The minimum Gasteiger partial charge on any atom is -0.478 e. The first-order chi connectivity index (χ1) is 17.6. The van der Waals surface area contributed by atoms with Gasteiger partial charge >= 0.3 is 11.9 Å². The molecule has 206 valence electrons. The minimum atomic E-state index is -1.28. The van der Waals surface area contributed by atoms with Crippen molar-refractivity contribution in [1.82, 2.24) is 0 Å². The Morgan fingerprint density at radius 3 is 1.97 bits per heavy atom. The normalized spacial score (nSPS) is 9.81. The summed E-state index contributed by atoms with van der Waals surface area (Å²) in [6.07, 6.45) is 8.98. The number of rotatable bonds is 12. The van der Waals surface area contributed by atoms with Crippen LogP contribution in [0, 0.1) is 10.1 Å². The fourth-order valence-corrected chi connectivity index (χ4v) is 2.90. The van der Waals surface area contributed by atoms with E-state index in [2.05, 4.69) is 13.8 Å². The van der Waals surface area contributed by atoms with E-state index in [1.807, 2.05) is 0 Å².